The first-order valence-corrected chi connectivity index (χ1v) is 11.5. The number of benzene rings is 1. The van der Waals surface area contributed by atoms with Gasteiger partial charge in [0.15, 0.2) is 14.6 Å². The number of carbonyl (C=O) groups is 1. The highest BCUT2D eigenvalue weighted by Crippen LogP contribution is 2.32. The molecule has 0 bridgehead atoms. The average Bonchev–Trinajstić information content (AvgIpc) is 2.63. The molecule has 7 heteroatoms. The minimum Gasteiger partial charge on any atom is -0.338 e. The maximum Gasteiger partial charge on any atom is 0.244 e. The summed E-state index contributed by atoms with van der Waals surface area (Å²) < 4.78 is 23.9. The summed E-state index contributed by atoms with van der Waals surface area (Å²) in [6, 6.07) is 10.3. The topological polar surface area (TPSA) is 69.7 Å². The van der Waals surface area contributed by atoms with Gasteiger partial charge < -0.3 is 10.2 Å². The Morgan fingerprint density at radius 2 is 1.74 bits per heavy atom. The van der Waals surface area contributed by atoms with Gasteiger partial charge in [0, 0.05) is 38.0 Å². The molecule has 0 atom stereocenters. The smallest absolute Gasteiger partial charge is 0.244 e. The predicted octanol–water partition coefficient (Wildman–Crippen LogP) is 1.28. The standard InChI is InChI=1S/C20H31N3O3S/c1-19(2)16-22(13-14-23(19)15-17-7-5-4-6-8-17)18(24)20(27(3,25)26)9-11-21-12-10-20/h4-8,21H,9-16H2,1-3H3. The summed E-state index contributed by atoms with van der Waals surface area (Å²) in [5, 5.41) is 3.18. The van der Waals surface area contributed by atoms with Crippen LogP contribution in [0, 0.1) is 0 Å². The molecule has 0 saturated carbocycles. The van der Waals surface area contributed by atoms with Gasteiger partial charge in [-0.3, -0.25) is 9.69 Å². The Balaban J connectivity index is 1.76. The molecule has 150 valence electrons. The SMILES string of the molecule is CC1(C)CN(C(=O)C2(S(C)(=O)=O)CCNCC2)CCN1Cc1ccccc1. The molecule has 2 aliphatic heterocycles. The highest BCUT2D eigenvalue weighted by molar-refractivity contribution is 7.92. The number of nitrogens with zero attached hydrogens (tertiary/aromatic N) is 2. The monoisotopic (exact) mass is 393 g/mol. The van der Waals surface area contributed by atoms with Crippen LogP contribution in [0.5, 0.6) is 0 Å². The third kappa shape index (κ3) is 4.05. The van der Waals surface area contributed by atoms with Gasteiger partial charge in [-0.1, -0.05) is 30.3 Å². The molecule has 0 spiro atoms. The minimum absolute atomic E-state index is 0.209. The van der Waals surface area contributed by atoms with Crippen LogP contribution in [0.4, 0.5) is 0 Å². The summed E-state index contributed by atoms with van der Waals surface area (Å²) >= 11 is 0. The number of amides is 1. The van der Waals surface area contributed by atoms with Crippen LogP contribution >= 0.6 is 0 Å². The molecule has 0 aromatic heterocycles. The van der Waals surface area contributed by atoms with Crippen LogP contribution in [0.3, 0.4) is 0 Å². The third-order valence-corrected chi connectivity index (χ3v) is 8.09. The van der Waals surface area contributed by atoms with E-state index in [4.69, 9.17) is 0 Å². The van der Waals surface area contributed by atoms with Crippen molar-refractivity contribution in [2.24, 2.45) is 0 Å². The summed E-state index contributed by atoms with van der Waals surface area (Å²) in [5.41, 5.74) is 1.03. The molecular formula is C20H31N3O3S. The lowest BCUT2D eigenvalue weighted by Crippen LogP contribution is -2.65. The molecule has 2 fully saturated rings. The molecule has 1 aromatic rings. The van der Waals surface area contributed by atoms with Crippen LogP contribution in [0.2, 0.25) is 0 Å². The lowest BCUT2D eigenvalue weighted by atomic mass is 9.92. The van der Waals surface area contributed by atoms with E-state index in [1.165, 1.54) is 11.8 Å². The van der Waals surface area contributed by atoms with Crippen LogP contribution in [0.15, 0.2) is 30.3 Å². The van der Waals surface area contributed by atoms with E-state index in [9.17, 15) is 13.2 Å². The first-order valence-electron chi connectivity index (χ1n) is 9.64. The Hall–Kier alpha value is -1.44. The zero-order chi connectivity index (χ0) is 19.7. The van der Waals surface area contributed by atoms with Gasteiger partial charge in [-0.15, -0.1) is 0 Å². The molecule has 2 heterocycles. The lowest BCUT2D eigenvalue weighted by molar-refractivity contribution is -0.140. The third-order valence-electron chi connectivity index (χ3n) is 6.09. The van der Waals surface area contributed by atoms with E-state index in [1.54, 1.807) is 4.90 Å². The quantitative estimate of drug-likeness (QED) is 0.834. The normalized spacial score (nSPS) is 23.1. The molecule has 0 unspecified atom stereocenters. The van der Waals surface area contributed by atoms with Gasteiger partial charge in [-0.25, -0.2) is 8.42 Å². The average molecular weight is 394 g/mol. The lowest BCUT2D eigenvalue weighted by Gasteiger charge is -2.49. The number of hydrogen-bond donors (Lipinski definition) is 1. The van der Waals surface area contributed by atoms with Crippen molar-refractivity contribution in [1.29, 1.82) is 0 Å². The van der Waals surface area contributed by atoms with Crippen molar-refractivity contribution >= 4 is 15.7 Å². The van der Waals surface area contributed by atoms with E-state index in [1.807, 2.05) is 18.2 Å². The van der Waals surface area contributed by atoms with Gasteiger partial charge in [-0.05, 0) is 45.3 Å². The first-order chi connectivity index (χ1) is 12.7. The first kappa shape index (κ1) is 20.3. The Labute approximate surface area is 162 Å². The summed E-state index contributed by atoms with van der Waals surface area (Å²) in [6.07, 6.45) is 1.93. The van der Waals surface area contributed by atoms with Gasteiger partial charge >= 0.3 is 0 Å². The van der Waals surface area contributed by atoms with Crippen molar-refractivity contribution < 1.29 is 13.2 Å². The fourth-order valence-electron chi connectivity index (χ4n) is 4.32. The van der Waals surface area contributed by atoms with E-state index in [-0.39, 0.29) is 11.4 Å². The number of piperazine rings is 1. The molecule has 27 heavy (non-hydrogen) atoms. The highest BCUT2D eigenvalue weighted by Gasteiger charge is 2.52. The summed E-state index contributed by atoms with van der Waals surface area (Å²) in [4.78, 5) is 17.5. The minimum atomic E-state index is -3.48. The van der Waals surface area contributed by atoms with Gasteiger partial charge in [-0.2, -0.15) is 0 Å². The number of hydrogen-bond acceptors (Lipinski definition) is 5. The van der Waals surface area contributed by atoms with E-state index in [2.05, 4.69) is 36.2 Å². The van der Waals surface area contributed by atoms with Crippen molar-refractivity contribution in [3.63, 3.8) is 0 Å². The number of rotatable bonds is 4. The molecule has 0 radical (unpaired) electrons. The van der Waals surface area contributed by atoms with E-state index >= 15 is 0 Å². The zero-order valence-electron chi connectivity index (χ0n) is 16.6. The van der Waals surface area contributed by atoms with Gasteiger partial charge in [0.25, 0.3) is 0 Å². The zero-order valence-corrected chi connectivity index (χ0v) is 17.4. The van der Waals surface area contributed by atoms with Gasteiger partial charge in [0.1, 0.15) is 0 Å². The number of nitrogens with one attached hydrogen (secondary N) is 1. The Morgan fingerprint density at radius 3 is 2.30 bits per heavy atom. The Kier molecular flexibility index (Phi) is 5.66. The summed E-state index contributed by atoms with van der Waals surface area (Å²) in [7, 11) is -3.48. The van der Waals surface area contributed by atoms with Gasteiger partial charge in [0.2, 0.25) is 5.91 Å². The predicted molar refractivity (Wildman–Crippen MR) is 107 cm³/mol. The van der Waals surface area contributed by atoms with Crippen molar-refractivity contribution in [2.75, 3.05) is 39.0 Å². The maximum atomic E-state index is 13.4. The number of carbonyl (C=O) groups excluding carboxylic acids is 1. The summed E-state index contributed by atoms with van der Waals surface area (Å²) in [6.45, 7) is 8.08. The van der Waals surface area contributed by atoms with Gasteiger partial charge in [0.05, 0.1) is 0 Å². The molecular weight excluding hydrogens is 362 g/mol. The maximum absolute atomic E-state index is 13.4. The van der Waals surface area contributed by atoms with Crippen LogP contribution < -0.4 is 5.32 Å². The molecule has 3 rings (SSSR count). The van der Waals surface area contributed by atoms with Crippen LogP contribution in [-0.2, 0) is 21.2 Å². The van der Waals surface area contributed by atoms with Crippen LogP contribution in [-0.4, -0.2) is 73.4 Å². The van der Waals surface area contributed by atoms with Crippen molar-refractivity contribution in [2.45, 2.75) is 43.5 Å². The Bertz CT molecular complexity index is 771. The highest BCUT2D eigenvalue weighted by atomic mass is 32.2. The molecule has 1 amide bonds. The fourth-order valence-corrected chi connectivity index (χ4v) is 5.71. The fraction of sp³-hybridized carbons (Fsp3) is 0.650. The Morgan fingerprint density at radius 1 is 1.11 bits per heavy atom. The second-order valence-electron chi connectivity index (χ2n) is 8.46. The van der Waals surface area contributed by atoms with E-state index < -0.39 is 14.6 Å². The molecule has 0 aliphatic carbocycles. The van der Waals surface area contributed by atoms with Crippen LogP contribution in [0.1, 0.15) is 32.3 Å². The second kappa shape index (κ2) is 7.53. The number of piperidine rings is 1. The molecule has 6 nitrogen and oxygen atoms in total. The molecule has 1 N–H and O–H groups in total. The van der Waals surface area contributed by atoms with Crippen LogP contribution in [0.25, 0.3) is 0 Å². The van der Waals surface area contributed by atoms with Crippen molar-refractivity contribution in [1.82, 2.24) is 15.1 Å². The van der Waals surface area contributed by atoms with E-state index in [0.29, 0.717) is 39.0 Å². The second-order valence-corrected chi connectivity index (χ2v) is 10.8. The molecule has 1 aromatic carbocycles. The largest absolute Gasteiger partial charge is 0.338 e. The van der Waals surface area contributed by atoms with E-state index in [0.717, 1.165) is 13.1 Å². The number of sulfone groups is 1. The van der Waals surface area contributed by atoms with Crippen molar-refractivity contribution in [3.05, 3.63) is 35.9 Å². The summed E-state index contributed by atoms with van der Waals surface area (Å²) in [5.74, 6) is -0.209. The molecule has 2 aliphatic rings. The van der Waals surface area contributed by atoms with Crippen molar-refractivity contribution in [3.8, 4) is 0 Å². The molecule has 2 saturated heterocycles.